The fraction of sp³-hybridized carbons (Fsp3) is 0.160. The van der Waals surface area contributed by atoms with E-state index in [4.69, 9.17) is 9.97 Å². The summed E-state index contributed by atoms with van der Waals surface area (Å²) >= 11 is 0. The molecule has 0 saturated heterocycles. The van der Waals surface area contributed by atoms with Crippen LogP contribution in [0.15, 0.2) is 122 Å². The summed E-state index contributed by atoms with van der Waals surface area (Å²) in [6.45, 7) is 2.45. The van der Waals surface area contributed by atoms with Crippen LogP contribution in [0.5, 0.6) is 0 Å². The molecule has 2 aliphatic rings. The Kier molecular flexibility index (Phi) is 9.24. The maximum Gasteiger partial charge on any atom is 0.266 e. The van der Waals surface area contributed by atoms with E-state index < -0.39 is 22.2 Å². The number of hydrogen-bond acceptors (Lipinski definition) is 6. The zero-order valence-corrected chi connectivity index (χ0v) is 33.0. The Morgan fingerprint density at radius 2 is 1.03 bits per heavy atom. The first-order chi connectivity index (χ1) is 29.4. The summed E-state index contributed by atoms with van der Waals surface area (Å²) in [6.07, 6.45) is 13.7. The van der Waals surface area contributed by atoms with Crippen LogP contribution in [0.3, 0.4) is 0 Å². The van der Waals surface area contributed by atoms with Crippen LogP contribution < -0.4 is 22.2 Å². The molecule has 0 radical (unpaired) electrons. The highest BCUT2D eigenvalue weighted by molar-refractivity contribution is 5.99. The Bertz CT molecular complexity index is 3330. The van der Waals surface area contributed by atoms with Crippen molar-refractivity contribution in [3.63, 3.8) is 0 Å². The van der Waals surface area contributed by atoms with Crippen LogP contribution in [0.2, 0.25) is 0 Å². The Hall–Kier alpha value is -7.46. The molecular formula is C50H40N6O4. The van der Waals surface area contributed by atoms with Crippen LogP contribution in [0.1, 0.15) is 68.2 Å². The minimum atomic E-state index is -0.607. The van der Waals surface area contributed by atoms with Gasteiger partial charge in [0, 0.05) is 34.2 Å². The van der Waals surface area contributed by atoms with Gasteiger partial charge in [-0.2, -0.15) is 0 Å². The first-order valence-corrected chi connectivity index (χ1v) is 20.5. The van der Waals surface area contributed by atoms with E-state index in [9.17, 15) is 19.2 Å². The Labute approximate surface area is 343 Å². The van der Waals surface area contributed by atoms with E-state index in [1.807, 2.05) is 115 Å². The van der Waals surface area contributed by atoms with E-state index in [1.54, 1.807) is 0 Å². The zero-order valence-electron chi connectivity index (χ0n) is 33.0. The first-order valence-electron chi connectivity index (χ1n) is 20.5. The molecule has 7 heterocycles. The molecule has 10 rings (SSSR count). The molecule has 0 unspecified atom stereocenters. The lowest BCUT2D eigenvalue weighted by Gasteiger charge is -2.05. The van der Waals surface area contributed by atoms with Crippen LogP contribution in [-0.2, 0) is 6.54 Å². The van der Waals surface area contributed by atoms with Crippen LogP contribution >= 0.6 is 0 Å². The predicted octanol–water partition coefficient (Wildman–Crippen LogP) is 9.57. The standard InChI is InChI=1S/C50H40N6O4/c1-2-3-4-5-6-13-26-55-47(57)34-28-36-37(29-35(34)48(55)58)50(60)56(49(36)59)46-42-24-22-40(53-42)44(30-14-9-7-10-15-30)38-20-18-32(51-38)27-33-19-21-39(52-33)45(31-16-11-8-12-17-31)41-23-25-43(46)54-41/h7-12,14-25,27-29,51,54H,2-6,13,26H2,1H3. The molecule has 0 aliphatic carbocycles. The summed E-state index contributed by atoms with van der Waals surface area (Å²) in [6, 6.07) is 32.5. The number of aromatic nitrogens is 6. The third kappa shape index (κ3) is 6.28. The SMILES string of the molecule is CCCCCCCCn1c(=O)c2cc3c(=O)n(-c4c5nc(c(-c6ccccc6)c6ccc(cc7nc(c(-c8ccccc8)c8ccc4[nH]8)C=C7)[nH]6)C=C5)c(=O)c3cc2c1=O. The van der Waals surface area contributed by atoms with E-state index >= 15 is 0 Å². The Morgan fingerprint density at radius 3 is 1.70 bits per heavy atom. The summed E-state index contributed by atoms with van der Waals surface area (Å²) in [5.74, 6) is 0. The number of H-pyrrole nitrogens is 2. The summed E-state index contributed by atoms with van der Waals surface area (Å²) in [5.41, 5.74) is 7.03. The van der Waals surface area contributed by atoms with Crippen molar-refractivity contribution in [2.75, 3.05) is 0 Å². The van der Waals surface area contributed by atoms with Crippen molar-refractivity contribution in [3.8, 4) is 27.9 Å². The molecule has 60 heavy (non-hydrogen) atoms. The lowest BCUT2D eigenvalue weighted by atomic mass is 10.0. The fourth-order valence-electron chi connectivity index (χ4n) is 8.66. The average molecular weight is 789 g/mol. The van der Waals surface area contributed by atoms with Gasteiger partial charge in [0.25, 0.3) is 22.2 Å². The van der Waals surface area contributed by atoms with E-state index in [1.165, 1.54) is 16.7 Å². The van der Waals surface area contributed by atoms with Gasteiger partial charge < -0.3 is 9.97 Å². The van der Waals surface area contributed by atoms with Crippen molar-refractivity contribution in [2.45, 2.75) is 52.0 Å². The molecule has 0 spiro atoms. The molecule has 2 aliphatic heterocycles. The number of rotatable bonds is 10. The molecule has 8 bridgehead atoms. The molecule has 5 aromatic heterocycles. The third-order valence-corrected chi connectivity index (χ3v) is 11.6. The van der Waals surface area contributed by atoms with E-state index in [-0.39, 0.29) is 27.2 Å². The monoisotopic (exact) mass is 788 g/mol. The molecule has 0 saturated carbocycles. The molecule has 10 nitrogen and oxygen atoms in total. The van der Waals surface area contributed by atoms with Crippen LogP contribution in [0.25, 0.3) is 95.9 Å². The summed E-state index contributed by atoms with van der Waals surface area (Å²) in [5, 5.41) is 0.410. The quantitative estimate of drug-likeness (QED) is 0.133. The van der Waals surface area contributed by atoms with Gasteiger partial charge in [0.05, 0.1) is 49.8 Å². The highest BCUT2D eigenvalue weighted by atomic mass is 16.2. The topological polar surface area (TPSA) is 135 Å². The van der Waals surface area contributed by atoms with E-state index in [2.05, 4.69) is 16.9 Å². The van der Waals surface area contributed by atoms with Crippen molar-refractivity contribution in [1.82, 2.24) is 29.1 Å². The van der Waals surface area contributed by atoms with Crippen molar-refractivity contribution in [2.24, 2.45) is 0 Å². The highest BCUT2D eigenvalue weighted by Gasteiger charge is 2.24. The largest absolute Gasteiger partial charge is 0.355 e. The fourth-order valence-corrected chi connectivity index (χ4v) is 8.66. The summed E-state index contributed by atoms with van der Waals surface area (Å²) < 4.78 is 2.37. The van der Waals surface area contributed by atoms with Crippen LogP contribution in [0, 0.1) is 0 Å². The van der Waals surface area contributed by atoms with Crippen LogP contribution in [-0.4, -0.2) is 29.1 Å². The Balaban J connectivity index is 1.25. The number of hydrogen-bond donors (Lipinski definition) is 2. The van der Waals surface area contributed by atoms with Crippen molar-refractivity contribution in [1.29, 1.82) is 0 Å². The molecule has 8 aromatic rings. The predicted molar refractivity (Wildman–Crippen MR) is 243 cm³/mol. The van der Waals surface area contributed by atoms with Gasteiger partial charge in [0.1, 0.15) is 5.69 Å². The minimum Gasteiger partial charge on any atom is -0.355 e. The second-order valence-corrected chi connectivity index (χ2v) is 15.5. The van der Waals surface area contributed by atoms with Gasteiger partial charge in [0.2, 0.25) is 0 Å². The van der Waals surface area contributed by atoms with Gasteiger partial charge in [-0.05, 0) is 84.3 Å². The van der Waals surface area contributed by atoms with Gasteiger partial charge in [-0.1, -0.05) is 99.7 Å². The number of benzene rings is 3. The number of nitrogens with zero attached hydrogens (tertiary/aromatic N) is 4. The first kappa shape index (κ1) is 36.9. The minimum absolute atomic E-state index is 0.0660. The molecule has 294 valence electrons. The maximum atomic E-state index is 14.7. The number of fused-ring (bicyclic) bond motifs is 10. The molecule has 3 aromatic carbocycles. The Morgan fingerprint density at radius 1 is 0.500 bits per heavy atom. The van der Waals surface area contributed by atoms with Gasteiger partial charge in [0.15, 0.2) is 0 Å². The molecule has 0 fully saturated rings. The van der Waals surface area contributed by atoms with Crippen LogP contribution in [0.4, 0.5) is 0 Å². The summed E-state index contributed by atoms with van der Waals surface area (Å²) in [7, 11) is 0. The highest BCUT2D eigenvalue weighted by Crippen LogP contribution is 2.34. The number of aromatic amines is 2. The van der Waals surface area contributed by atoms with Crippen molar-refractivity contribution in [3.05, 3.63) is 167 Å². The number of unbranched alkanes of at least 4 members (excludes halogenated alkanes) is 5. The zero-order chi connectivity index (χ0) is 40.9. The average Bonchev–Trinajstić information content (AvgIpc) is 4.15. The second kappa shape index (κ2) is 15.0. The van der Waals surface area contributed by atoms with Crippen molar-refractivity contribution >= 4 is 67.9 Å². The lowest BCUT2D eigenvalue weighted by molar-refractivity contribution is 0.547. The van der Waals surface area contributed by atoms with Gasteiger partial charge in [-0.25, -0.2) is 14.5 Å². The molecule has 2 N–H and O–H groups in total. The number of nitrogens with one attached hydrogen (secondary N) is 2. The summed E-state index contributed by atoms with van der Waals surface area (Å²) in [4.78, 5) is 74.1. The van der Waals surface area contributed by atoms with Gasteiger partial charge >= 0.3 is 0 Å². The lowest BCUT2D eigenvalue weighted by Crippen LogP contribution is -2.25. The third-order valence-electron chi connectivity index (χ3n) is 11.6. The maximum absolute atomic E-state index is 14.7. The molecular weight excluding hydrogens is 749 g/mol. The van der Waals surface area contributed by atoms with E-state index in [0.29, 0.717) is 35.4 Å². The smallest absolute Gasteiger partial charge is 0.266 e. The normalized spacial score (nSPS) is 12.3. The molecule has 0 amide bonds. The van der Waals surface area contributed by atoms with Crippen molar-refractivity contribution < 1.29 is 0 Å². The molecule has 0 atom stereocenters. The molecule has 10 heteroatoms. The van der Waals surface area contributed by atoms with E-state index in [0.717, 1.165) is 81.3 Å². The van der Waals surface area contributed by atoms with Gasteiger partial charge in [-0.15, -0.1) is 0 Å². The van der Waals surface area contributed by atoms with Gasteiger partial charge in [-0.3, -0.25) is 23.7 Å². The second-order valence-electron chi connectivity index (χ2n) is 15.5.